The fourth-order valence-electron chi connectivity index (χ4n) is 3.33. The van der Waals surface area contributed by atoms with E-state index in [9.17, 15) is 9.59 Å². The second-order valence-electron chi connectivity index (χ2n) is 6.10. The number of rotatable bonds is 3. The first-order valence-corrected chi connectivity index (χ1v) is 7.67. The number of hydrogen-bond donors (Lipinski definition) is 1. The van der Waals surface area contributed by atoms with E-state index in [2.05, 4.69) is 6.92 Å². The van der Waals surface area contributed by atoms with Gasteiger partial charge in [0.05, 0.1) is 24.7 Å². The third kappa shape index (κ3) is 3.32. The molecule has 1 aliphatic carbocycles. The van der Waals surface area contributed by atoms with Crippen LogP contribution in [0.15, 0.2) is 0 Å². The van der Waals surface area contributed by atoms with Crippen molar-refractivity contribution in [1.82, 2.24) is 4.90 Å². The van der Waals surface area contributed by atoms with Gasteiger partial charge >= 0.3 is 5.97 Å². The zero-order chi connectivity index (χ0) is 14.7. The number of aliphatic carboxylic acids is 1. The van der Waals surface area contributed by atoms with Gasteiger partial charge in [0.25, 0.3) is 0 Å². The Morgan fingerprint density at radius 2 is 2.00 bits per heavy atom. The minimum atomic E-state index is -0.759. The Bertz CT molecular complexity index is 371. The third-order valence-electron chi connectivity index (χ3n) is 4.59. The number of hydrogen-bond acceptors (Lipinski definition) is 3. The molecule has 0 bridgehead atoms. The number of ether oxygens (including phenoxy) is 1. The molecule has 0 aromatic carbocycles. The van der Waals surface area contributed by atoms with Crippen molar-refractivity contribution >= 4 is 11.9 Å². The number of carbonyl (C=O) groups is 2. The van der Waals surface area contributed by atoms with Crippen LogP contribution in [0.25, 0.3) is 0 Å². The lowest BCUT2D eigenvalue weighted by Crippen LogP contribution is -2.53. The highest BCUT2D eigenvalue weighted by Gasteiger charge is 2.37. The Hall–Kier alpha value is -1.10. The highest BCUT2D eigenvalue weighted by Crippen LogP contribution is 2.32. The molecule has 1 saturated carbocycles. The zero-order valence-electron chi connectivity index (χ0n) is 12.4. The maximum absolute atomic E-state index is 12.7. The number of carbonyl (C=O) groups excluding carboxylic acids is 1. The van der Waals surface area contributed by atoms with Crippen LogP contribution in [0.5, 0.6) is 0 Å². The smallest absolute Gasteiger partial charge is 0.306 e. The first-order chi connectivity index (χ1) is 9.52. The number of nitrogens with zero attached hydrogens (tertiary/aromatic N) is 1. The van der Waals surface area contributed by atoms with Crippen molar-refractivity contribution in [3.63, 3.8) is 0 Å². The van der Waals surface area contributed by atoms with Gasteiger partial charge in [-0.25, -0.2) is 0 Å². The molecule has 114 valence electrons. The highest BCUT2D eigenvalue weighted by molar-refractivity contribution is 5.80. The summed E-state index contributed by atoms with van der Waals surface area (Å²) in [5, 5.41) is 9.14. The van der Waals surface area contributed by atoms with Gasteiger partial charge in [-0.15, -0.1) is 0 Å². The summed E-state index contributed by atoms with van der Waals surface area (Å²) >= 11 is 0. The van der Waals surface area contributed by atoms with Crippen LogP contribution >= 0.6 is 0 Å². The van der Waals surface area contributed by atoms with Gasteiger partial charge in [0.15, 0.2) is 0 Å². The minimum absolute atomic E-state index is 0.0700. The van der Waals surface area contributed by atoms with Crippen molar-refractivity contribution in [3.05, 3.63) is 0 Å². The van der Waals surface area contributed by atoms with Crippen molar-refractivity contribution in [2.45, 2.75) is 58.1 Å². The van der Waals surface area contributed by atoms with Gasteiger partial charge in [0.1, 0.15) is 0 Å². The number of amides is 1. The molecular formula is C15H25NO4. The quantitative estimate of drug-likeness (QED) is 0.859. The predicted octanol–water partition coefficient (Wildman–Crippen LogP) is 1.90. The second-order valence-corrected chi connectivity index (χ2v) is 6.10. The van der Waals surface area contributed by atoms with E-state index in [0.717, 1.165) is 19.3 Å². The van der Waals surface area contributed by atoms with Crippen LogP contribution in [0, 0.1) is 11.8 Å². The van der Waals surface area contributed by atoms with Crippen LogP contribution in [0.1, 0.15) is 46.0 Å². The van der Waals surface area contributed by atoms with Crippen molar-refractivity contribution < 1.29 is 19.4 Å². The molecule has 4 atom stereocenters. The second kappa shape index (κ2) is 6.57. The average molecular weight is 283 g/mol. The summed E-state index contributed by atoms with van der Waals surface area (Å²) in [6.07, 6.45) is 3.81. The molecule has 0 aromatic heterocycles. The largest absolute Gasteiger partial charge is 0.481 e. The van der Waals surface area contributed by atoms with Crippen molar-refractivity contribution in [1.29, 1.82) is 0 Å². The highest BCUT2D eigenvalue weighted by atomic mass is 16.5. The Balaban J connectivity index is 2.03. The molecule has 1 heterocycles. The van der Waals surface area contributed by atoms with Crippen LogP contribution in [-0.2, 0) is 14.3 Å². The summed E-state index contributed by atoms with van der Waals surface area (Å²) < 4.78 is 5.62. The van der Waals surface area contributed by atoms with Crippen LogP contribution in [0.2, 0.25) is 0 Å². The predicted molar refractivity (Wildman–Crippen MR) is 74.3 cm³/mol. The van der Waals surface area contributed by atoms with Gasteiger partial charge in [0, 0.05) is 12.5 Å². The summed E-state index contributed by atoms with van der Waals surface area (Å²) in [4.78, 5) is 25.8. The molecule has 2 fully saturated rings. The van der Waals surface area contributed by atoms with Crippen LogP contribution < -0.4 is 0 Å². The number of carboxylic acids is 1. The van der Waals surface area contributed by atoms with E-state index >= 15 is 0 Å². The van der Waals surface area contributed by atoms with E-state index in [0.29, 0.717) is 26.0 Å². The molecular weight excluding hydrogens is 258 g/mol. The summed E-state index contributed by atoms with van der Waals surface area (Å²) in [7, 11) is 0. The average Bonchev–Trinajstić information content (AvgIpc) is 2.46. The Morgan fingerprint density at radius 1 is 1.30 bits per heavy atom. The van der Waals surface area contributed by atoms with E-state index in [1.807, 2.05) is 11.8 Å². The van der Waals surface area contributed by atoms with Crippen LogP contribution in [0.3, 0.4) is 0 Å². The third-order valence-corrected chi connectivity index (χ3v) is 4.59. The van der Waals surface area contributed by atoms with Gasteiger partial charge in [0.2, 0.25) is 5.91 Å². The summed E-state index contributed by atoms with van der Waals surface area (Å²) in [6.45, 7) is 5.27. The van der Waals surface area contributed by atoms with E-state index < -0.39 is 5.97 Å². The zero-order valence-corrected chi connectivity index (χ0v) is 12.4. The standard InChI is InChI=1S/C15H25NO4/c1-3-13-9-20-10(2)8-16(13)14(17)11-5-4-6-12(7-11)15(18)19/h10-13H,3-9H2,1-2H3,(H,18,19). The van der Waals surface area contributed by atoms with Gasteiger partial charge in [-0.05, 0) is 32.6 Å². The van der Waals surface area contributed by atoms with Crippen LogP contribution in [-0.4, -0.2) is 47.2 Å². The van der Waals surface area contributed by atoms with Crippen LogP contribution in [0.4, 0.5) is 0 Å². The van der Waals surface area contributed by atoms with Gasteiger partial charge in [-0.2, -0.15) is 0 Å². The monoisotopic (exact) mass is 283 g/mol. The fourth-order valence-corrected chi connectivity index (χ4v) is 3.33. The summed E-state index contributed by atoms with van der Waals surface area (Å²) in [5.41, 5.74) is 0. The molecule has 1 N–H and O–H groups in total. The molecule has 1 saturated heterocycles. The molecule has 5 heteroatoms. The van der Waals surface area contributed by atoms with Crippen molar-refractivity contribution in [2.75, 3.05) is 13.2 Å². The lowest BCUT2D eigenvalue weighted by molar-refractivity contribution is -0.152. The Labute approximate surface area is 120 Å². The molecule has 2 aliphatic rings. The molecule has 0 aromatic rings. The molecule has 1 amide bonds. The molecule has 1 aliphatic heterocycles. The summed E-state index contributed by atoms with van der Waals surface area (Å²) in [6, 6.07) is 0.143. The first kappa shape index (κ1) is 15.3. The Morgan fingerprint density at radius 3 is 2.65 bits per heavy atom. The topological polar surface area (TPSA) is 66.8 Å². The lowest BCUT2D eigenvalue weighted by Gasteiger charge is -2.41. The van der Waals surface area contributed by atoms with Crippen molar-refractivity contribution in [3.8, 4) is 0 Å². The molecule has 5 nitrogen and oxygen atoms in total. The van der Waals surface area contributed by atoms with Gasteiger partial charge in [-0.3, -0.25) is 9.59 Å². The van der Waals surface area contributed by atoms with E-state index in [1.54, 1.807) is 0 Å². The molecule has 20 heavy (non-hydrogen) atoms. The molecule has 0 radical (unpaired) electrons. The lowest BCUT2D eigenvalue weighted by atomic mass is 9.80. The summed E-state index contributed by atoms with van der Waals surface area (Å²) in [5.74, 6) is -1.09. The maximum Gasteiger partial charge on any atom is 0.306 e. The van der Waals surface area contributed by atoms with Gasteiger partial charge < -0.3 is 14.7 Å². The Kier molecular flexibility index (Phi) is 5.02. The van der Waals surface area contributed by atoms with E-state index in [1.165, 1.54) is 0 Å². The minimum Gasteiger partial charge on any atom is -0.481 e. The SMILES string of the molecule is CCC1COC(C)CN1C(=O)C1CCCC(C(=O)O)C1. The fraction of sp³-hybridized carbons (Fsp3) is 0.867. The normalized spacial score (nSPS) is 34.8. The van der Waals surface area contributed by atoms with E-state index in [-0.39, 0.29) is 29.9 Å². The molecule has 2 rings (SSSR count). The number of morpholine rings is 1. The first-order valence-electron chi connectivity index (χ1n) is 7.67. The van der Waals surface area contributed by atoms with Gasteiger partial charge in [-0.1, -0.05) is 13.3 Å². The molecule has 0 spiro atoms. The van der Waals surface area contributed by atoms with E-state index in [4.69, 9.17) is 9.84 Å². The molecule has 4 unspecified atom stereocenters. The van der Waals surface area contributed by atoms with Crippen molar-refractivity contribution in [2.24, 2.45) is 11.8 Å². The maximum atomic E-state index is 12.7. The number of carboxylic acid groups (broad SMARTS) is 1.